The molecule has 0 aromatic heterocycles. The average Bonchev–Trinajstić information content (AvgIpc) is 0.844. The Balaban J connectivity index is 1.64. The summed E-state index contributed by atoms with van der Waals surface area (Å²) in [6, 6.07) is 3.92. The Bertz CT molecular complexity index is 4470. The fraction of sp³-hybridized carbons (Fsp3) is 0.475. The number of primary amides is 1. The number of carboxylic acid groups (broad SMARTS) is 4. The van der Waals surface area contributed by atoms with Crippen molar-refractivity contribution in [3.63, 3.8) is 0 Å². The lowest BCUT2D eigenvalue weighted by atomic mass is 9.85. The van der Waals surface area contributed by atoms with Crippen LogP contribution in [0.2, 0.25) is 0 Å². The van der Waals surface area contributed by atoms with Crippen LogP contribution in [0.15, 0.2) is 97.1 Å². The molecule has 0 bridgehead atoms. The number of nitrogens with one attached hydrogen (secondary N) is 12. The van der Waals surface area contributed by atoms with Crippen LogP contribution in [0.3, 0.4) is 0 Å². The summed E-state index contributed by atoms with van der Waals surface area (Å²) < 4.78 is 0. The van der Waals surface area contributed by atoms with E-state index in [-0.39, 0.29) is 35.7 Å². The summed E-state index contributed by atoms with van der Waals surface area (Å²) in [5.74, 6) is -27.4. The highest BCUT2D eigenvalue weighted by Gasteiger charge is 2.41. The van der Waals surface area contributed by atoms with Crippen molar-refractivity contribution in [2.24, 2.45) is 28.7 Å². The van der Waals surface area contributed by atoms with Crippen molar-refractivity contribution < 1.29 is 121 Å². The lowest BCUT2D eigenvalue weighted by Gasteiger charge is -2.33. The fourth-order valence-electron chi connectivity index (χ4n) is 12.2. The van der Waals surface area contributed by atoms with Crippen LogP contribution in [-0.2, 0) is 115 Å². The number of hydrogen-bond donors (Lipinski definition) is 22. The molecule has 4 rings (SSSR count). The molecule has 42 heteroatoms. The van der Waals surface area contributed by atoms with Gasteiger partial charge in [-0.1, -0.05) is 106 Å². The molecular weight excluding hydrogens is 1650 g/mol. The number of carboxylic acids is 4. The number of hydrogen-bond acceptors (Lipinski definition) is 25. The van der Waals surface area contributed by atoms with E-state index in [2.05, 4.69) is 102 Å². The number of fused-ring (bicyclic) bond motifs is 1. The van der Waals surface area contributed by atoms with E-state index in [0.29, 0.717) is 21.9 Å². The number of phenols is 1. The van der Waals surface area contributed by atoms with Gasteiger partial charge in [0.05, 0.1) is 43.4 Å². The predicted molar refractivity (Wildman–Crippen MR) is 448 cm³/mol. The number of rotatable bonds is 52. The largest absolute Gasteiger partial charge is 0.508 e. The average molecular weight is 1760 g/mol. The van der Waals surface area contributed by atoms with E-state index in [1.54, 1.807) is 93.6 Å². The lowest BCUT2D eigenvalue weighted by molar-refractivity contribution is -0.142. The maximum absolute atomic E-state index is 14.9. The van der Waals surface area contributed by atoms with Gasteiger partial charge in [0.25, 0.3) is 0 Å². The number of phenolic OH excluding ortho intramolecular Hbond substituents is 1. The van der Waals surface area contributed by atoms with Crippen molar-refractivity contribution in [2.75, 3.05) is 17.3 Å². The van der Waals surface area contributed by atoms with Crippen LogP contribution in [0.25, 0.3) is 10.8 Å². The highest BCUT2D eigenvalue weighted by atomic mass is 32.1. The third-order valence-electron chi connectivity index (χ3n) is 19.1. The van der Waals surface area contributed by atoms with Crippen molar-refractivity contribution in [2.45, 2.75) is 204 Å². The highest BCUT2D eigenvalue weighted by molar-refractivity contribution is 7.80. The Hall–Kier alpha value is -12.1. The van der Waals surface area contributed by atoms with Gasteiger partial charge in [0.15, 0.2) is 17.3 Å². The smallest absolute Gasteiger partial charge is 0.305 e. The van der Waals surface area contributed by atoms with E-state index in [1.165, 1.54) is 45.0 Å². The number of carbonyl (C=O) groups excluding carboxylic acids is 16. The first-order valence-electron chi connectivity index (χ1n) is 38.5. The molecule has 122 heavy (non-hydrogen) atoms. The van der Waals surface area contributed by atoms with Gasteiger partial charge in [-0.3, -0.25) is 95.9 Å². The first-order valence-corrected chi connectivity index (χ1v) is 40.4. The van der Waals surface area contributed by atoms with Gasteiger partial charge < -0.3 is 101 Å². The maximum atomic E-state index is 14.9. The van der Waals surface area contributed by atoms with Gasteiger partial charge in [0, 0.05) is 67.6 Å². The van der Waals surface area contributed by atoms with E-state index >= 15 is 0 Å². The highest BCUT2D eigenvalue weighted by Crippen LogP contribution is 2.25. The number of carbonyl (C=O) groups is 20. The zero-order chi connectivity index (χ0) is 91.6. The Kier molecular flexibility index (Phi) is 41.6. The molecular formula is C80H106N14O25S3. The van der Waals surface area contributed by atoms with Gasteiger partial charge in [-0.25, -0.2) is 0 Å². The van der Waals surface area contributed by atoms with Gasteiger partial charge in [0.2, 0.25) is 76.8 Å². The van der Waals surface area contributed by atoms with Gasteiger partial charge in [-0.2, -0.15) is 37.9 Å². The molecule has 664 valence electrons. The van der Waals surface area contributed by atoms with Gasteiger partial charge in [-0.15, -0.1) is 0 Å². The lowest BCUT2D eigenvalue weighted by Crippen LogP contribution is -2.61. The van der Waals surface area contributed by atoms with Crippen molar-refractivity contribution in [3.05, 3.63) is 114 Å². The SMILES string of the molecule is CC(=O)[C@H](CS)NC(=O)[C@@H](NC(=O)[C@H](CC(=O)O)NC(=O)[C@H](Cc1ccc(O)cc1)NC(=O)[C@@H](CC(=O)[C@H](CC(=O)O)NC(=O)[C@H](CCC(=O)O)NC(=O)[C@H](CS)NC(=O)[C@@H](C)NC(=O)[C@H](Cc1cccc2ccccc12)NC(=O)[C@H](CCC(=O)O)CC(=O)[C@H](CC(N)=O)NC(=O)[C@@H](C)NC(=O)[C@H](CS)NC(=O)[C@H](C)N)Cc1ccccc1)C(C)(C)C. The van der Waals surface area contributed by atoms with Crippen LogP contribution in [0.1, 0.15) is 123 Å². The molecule has 0 saturated heterocycles. The Morgan fingerprint density at radius 1 is 0.369 bits per heavy atom. The molecule has 21 N–H and O–H groups in total. The molecule has 0 radical (unpaired) electrons. The Labute approximate surface area is 717 Å². The monoisotopic (exact) mass is 1760 g/mol. The van der Waals surface area contributed by atoms with E-state index in [9.17, 15) is 121 Å². The summed E-state index contributed by atoms with van der Waals surface area (Å²) in [7, 11) is 0. The van der Waals surface area contributed by atoms with Crippen LogP contribution in [-0.4, -0.2) is 239 Å². The summed E-state index contributed by atoms with van der Waals surface area (Å²) >= 11 is 12.4. The van der Waals surface area contributed by atoms with Crippen LogP contribution in [0.4, 0.5) is 0 Å². The number of benzene rings is 4. The number of nitrogens with two attached hydrogens (primary N) is 2. The minimum atomic E-state index is -2.08. The van der Waals surface area contributed by atoms with E-state index in [1.807, 2.05) is 0 Å². The first-order chi connectivity index (χ1) is 57.2. The van der Waals surface area contributed by atoms with Crippen molar-refractivity contribution in [1.29, 1.82) is 0 Å². The van der Waals surface area contributed by atoms with Crippen molar-refractivity contribution >= 4 is 167 Å². The fourth-order valence-corrected chi connectivity index (χ4v) is 13.1. The van der Waals surface area contributed by atoms with E-state index in [4.69, 9.17) is 11.5 Å². The second-order valence-electron chi connectivity index (χ2n) is 30.1. The molecule has 0 saturated carbocycles. The zero-order valence-electron chi connectivity index (χ0n) is 67.9. The summed E-state index contributed by atoms with van der Waals surface area (Å²) in [6.45, 7) is 9.54. The topological polar surface area (TPSA) is 639 Å². The second kappa shape index (κ2) is 49.6. The molecule has 0 spiro atoms. The number of thiol groups is 3. The summed E-state index contributed by atoms with van der Waals surface area (Å²) in [4.78, 5) is 271. The maximum Gasteiger partial charge on any atom is 0.305 e. The number of Topliss-reactive ketones (excluding diaryl/α,β-unsaturated/α-hetero) is 3. The molecule has 39 nitrogen and oxygen atoms in total. The molecule has 4 aromatic carbocycles. The number of aromatic hydroxyl groups is 1. The van der Waals surface area contributed by atoms with Crippen molar-refractivity contribution in [1.82, 2.24) is 63.8 Å². The molecule has 0 aliphatic carbocycles. The molecule has 13 amide bonds. The number of ketones is 3. The standard InChI is InChI=1S/C80H106N14O25S3/c1-39(81)68(108)92-58(37-121)77(117)84-40(2)69(109)86-52(33-62(82)99)60(97)31-47(22-26-63(100)101)71(111)89-55(30-46-18-13-17-45-16-11-12-19-50(45)46)74(114)83-41(3)70(110)93-59(38-122)78(118)85-51(25-27-64(102)103)73(113)87-53(34-65(104)105)61(98)32-48(28-43-14-9-8-10-15-43)72(112)88-54(29-44-20-23-49(96)24-21-44)75(115)90-56(35-66(106)107)76(116)94-67(80(5,6)7)79(119)91-57(36-120)42(4)95/h8-21,23-24,39-41,47-48,51-59,67,96,120-122H,22,25-38,81H2,1-7H3,(H2,82,99)(H,83,114)(H,84,117)(H,85,118)(H,86,109)(H,87,113)(H,88,112)(H,89,111)(H,90,115)(H,91,119)(H,92,108)(H,93,110)(H,94,116)(H,100,101)(H,102,103)(H,104,105)(H,106,107)/t39-,40+,41+,47+,48+,51-,52-,53-,54-,55-,56-,57-,58-,59-,67+/m0/s1. The number of aliphatic carboxylic acids is 4. The van der Waals surface area contributed by atoms with E-state index < -0.39 is 284 Å². The molecule has 4 aromatic rings. The second-order valence-corrected chi connectivity index (χ2v) is 31.2. The minimum absolute atomic E-state index is 0.124. The Morgan fingerprint density at radius 2 is 0.770 bits per heavy atom. The molecule has 0 unspecified atom stereocenters. The normalized spacial score (nSPS) is 14.9. The summed E-state index contributed by atoms with van der Waals surface area (Å²) in [6.07, 6.45) is -9.08. The van der Waals surface area contributed by atoms with Crippen LogP contribution in [0, 0.1) is 17.3 Å². The molecule has 0 heterocycles. The van der Waals surface area contributed by atoms with E-state index in [0.717, 1.165) is 6.92 Å². The molecule has 15 atom stereocenters. The van der Waals surface area contributed by atoms with Crippen molar-refractivity contribution in [3.8, 4) is 5.75 Å². The molecule has 0 fully saturated rings. The summed E-state index contributed by atoms with van der Waals surface area (Å²) in [5, 5.41) is 79.8. The quantitative estimate of drug-likeness (QED) is 0.0211. The molecule has 0 aliphatic heterocycles. The Morgan fingerprint density at radius 3 is 1.30 bits per heavy atom. The minimum Gasteiger partial charge on any atom is -0.508 e. The van der Waals surface area contributed by atoms with Gasteiger partial charge >= 0.3 is 23.9 Å². The zero-order valence-corrected chi connectivity index (χ0v) is 70.6. The van der Waals surface area contributed by atoms with Crippen LogP contribution >= 0.6 is 37.9 Å². The predicted octanol–water partition coefficient (Wildman–Crippen LogP) is -2.09. The van der Waals surface area contributed by atoms with Gasteiger partial charge in [-0.05, 0) is 92.0 Å². The number of amides is 13. The summed E-state index contributed by atoms with van der Waals surface area (Å²) in [5.41, 5.74) is 11.0. The first kappa shape index (κ1) is 102. The van der Waals surface area contributed by atoms with Crippen LogP contribution in [0.5, 0.6) is 5.75 Å². The third-order valence-corrected chi connectivity index (χ3v) is 20.1. The third kappa shape index (κ3) is 34.6. The van der Waals surface area contributed by atoms with Crippen LogP contribution < -0.4 is 75.3 Å². The molecule has 0 aliphatic rings. The van der Waals surface area contributed by atoms with Gasteiger partial charge in [0.1, 0.15) is 60.1 Å².